The molecule has 0 bridgehead atoms. The maximum atomic E-state index is 9.31. The van der Waals surface area contributed by atoms with Crippen molar-refractivity contribution in [2.45, 2.75) is 0 Å². The second-order valence-corrected chi connectivity index (χ2v) is 13.9. The Hall–Kier alpha value is -7.83. The van der Waals surface area contributed by atoms with Crippen molar-refractivity contribution in [2.75, 3.05) is 0 Å². The van der Waals surface area contributed by atoms with E-state index in [1.165, 1.54) is 12.1 Å². The van der Waals surface area contributed by atoms with E-state index >= 15 is 0 Å². The smallest absolute Gasteiger partial charge is 0.164 e. The van der Waals surface area contributed by atoms with Crippen molar-refractivity contribution < 1.29 is 17.1 Å². The zero-order chi connectivity index (χ0) is 42.7. The summed E-state index contributed by atoms with van der Waals surface area (Å²) in [5.74, 6) is 1.24. The number of nitrogens with zero attached hydrogens (tertiary/aromatic N) is 4. The van der Waals surface area contributed by atoms with Crippen molar-refractivity contribution in [3.63, 3.8) is 0 Å². The van der Waals surface area contributed by atoms with E-state index in [4.69, 9.17) is 29.3 Å². The van der Waals surface area contributed by atoms with E-state index in [0.717, 1.165) is 49.4 Å². The Morgan fingerprint density at radius 2 is 0.982 bits per heavy atom. The highest BCUT2D eigenvalue weighted by atomic mass is 16.3. The highest BCUT2D eigenvalue weighted by Gasteiger charge is 2.21. The van der Waals surface area contributed by atoms with Crippen molar-refractivity contribution in [3.8, 4) is 51.0 Å². The Kier molecular flexibility index (Phi) is 5.64. The van der Waals surface area contributed by atoms with E-state index in [0.29, 0.717) is 45.5 Å². The Bertz CT molecular complexity index is 3820. The molecule has 0 aliphatic rings. The minimum absolute atomic E-state index is 0.0678. The average Bonchev–Trinajstić information content (AvgIpc) is 4.00. The highest BCUT2D eigenvalue weighted by molar-refractivity contribution is 6.12. The van der Waals surface area contributed by atoms with Gasteiger partial charge in [0.2, 0.25) is 0 Å². The Morgan fingerprint density at radius 3 is 1.72 bits per heavy atom. The van der Waals surface area contributed by atoms with Crippen LogP contribution in [0.1, 0.15) is 8.22 Å². The lowest BCUT2D eigenvalue weighted by Gasteiger charge is -2.16. The Morgan fingerprint density at radius 1 is 0.404 bits per heavy atom. The summed E-state index contributed by atoms with van der Waals surface area (Å²) < 4.78 is 68.5. The highest BCUT2D eigenvalue weighted by Crippen LogP contribution is 2.42. The van der Waals surface area contributed by atoms with Gasteiger partial charge in [-0.2, -0.15) is 0 Å². The summed E-state index contributed by atoms with van der Waals surface area (Å²) in [7, 11) is 0. The molecule has 0 aliphatic heterocycles. The van der Waals surface area contributed by atoms with Crippen molar-refractivity contribution in [1.82, 2.24) is 19.5 Å². The first-order chi connectivity index (χ1) is 30.7. The molecule has 6 nitrogen and oxygen atoms in total. The standard InChI is InChI=1S/C51H30N4O2/c1-2-13-31(14-3-1)49-52-50(32-26-28-47-41(29-32)38-18-7-10-23-45(38)56-47)54-51(53-49)33-25-27-36(39-19-12-20-40-37-17-6-11-24-46(37)57-48(39)40)44(30-33)55-42-21-8-4-15-34(42)35-16-5-9-22-43(35)55/h1-30H/i4D,5D,15D,16D,21D,22D. The Labute approximate surface area is 334 Å². The molecule has 4 aromatic heterocycles. The summed E-state index contributed by atoms with van der Waals surface area (Å²) in [5, 5.41) is 4.06. The minimum Gasteiger partial charge on any atom is -0.456 e. The monoisotopic (exact) mass is 736 g/mol. The lowest BCUT2D eigenvalue weighted by Crippen LogP contribution is -2.02. The molecule has 0 radical (unpaired) electrons. The number of hydrogen-bond acceptors (Lipinski definition) is 5. The fraction of sp³-hybridized carbons (Fsp3) is 0. The quantitative estimate of drug-likeness (QED) is 0.176. The molecule has 0 fully saturated rings. The number of fused-ring (bicyclic) bond motifs is 9. The maximum absolute atomic E-state index is 9.31. The summed E-state index contributed by atoms with van der Waals surface area (Å²) in [6.45, 7) is 0. The molecule has 0 atom stereocenters. The van der Waals surface area contributed by atoms with Crippen LogP contribution >= 0.6 is 0 Å². The molecule has 0 saturated carbocycles. The molecule has 0 N–H and O–H groups in total. The summed E-state index contributed by atoms with van der Waals surface area (Å²) in [6, 6.07) is 44.7. The molecular formula is C51H30N4O2. The first-order valence-corrected chi connectivity index (χ1v) is 18.5. The van der Waals surface area contributed by atoms with E-state index in [2.05, 4.69) is 0 Å². The number of hydrogen-bond donors (Lipinski definition) is 0. The molecule has 8 aromatic carbocycles. The fourth-order valence-corrected chi connectivity index (χ4v) is 8.01. The summed E-state index contributed by atoms with van der Waals surface area (Å²) >= 11 is 0. The second-order valence-electron chi connectivity index (χ2n) is 13.9. The summed E-state index contributed by atoms with van der Waals surface area (Å²) in [4.78, 5) is 15.2. The van der Waals surface area contributed by atoms with Gasteiger partial charge < -0.3 is 13.4 Å². The molecule has 12 aromatic rings. The van der Waals surface area contributed by atoms with Crippen LogP contribution in [0.25, 0.3) is 117 Å². The molecule has 0 saturated heterocycles. The summed E-state index contributed by atoms with van der Waals surface area (Å²) in [6.07, 6.45) is 0. The normalized spacial score (nSPS) is 13.3. The summed E-state index contributed by atoms with van der Waals surface area (Å²) in [5.41, 5.74) is 7.35. The van der Waals surface area contributed by atoms with E-state index in [9.17, 15) is 2.74 Å². The number of rotatable bonds is 5. The van der Waals surface area contributed by atoms with Crippen LogP contribution in [-0.4, -0.2) is 19.5 Å². The van der Waals surface area contributed by atoms with Crippen LogP contribution < -0.4 is 0 Å². The molecule has 6 heteroatoms. The van der Waals surface area contributed by atoms with Crippen molar-refractivity contribution in [1.29, 1.82) is 0 Å². The predicted molar refractivity (Wildman–Crippen MR) is 230 cm³/mol. The van der Waals surface area contributed by atoms with Crippen LogP contribution in [-0.2, 0) is 0 Å². The van der Waals surface area contributed by atoms with E-state index in [-0.39, 0.29) is 58.1 Å². The largest absolute Gasteiger partial charge is 0.456 e. The van der Waals surface area contributed by atoms with Gasteiger partial charge in [-0.15, -0.1) is 0 Å². The van der Waals surface area contributed by atoms with Gasteiger partial charge in [0, 0.05) is 60.1 Å². The molecule has 266 valence electrons. The lowest BCUT2D eigenvalue weighted by molar-refractivity contribution is 0.669. The zero-order valence-corrected chi connectivity index (χ0v) is 30.0. The number of aromatic nitrogens is 4. The van der Waals surface area contributed by atoms with Gasteiger partial charge in [-0.1, -0.05) is 133 Å². The molecule has 0 spiro atoms. The van der Waals surface area contributed by atoms with Crippen LogP contribution in [0.4, 0.5) is 0 Å². The van der Waals surface area contributed by atoms with Gasteiger partial charge in [-0.05, 0) is 48.5 Å². The SMILES string of the molecule is [2H]c1cc([2H])c2c(c1[2H])c1c([2H])c([2H])cc([2H])c1n2-c1cc(-c2nc(-c3ccccc3)nc(-c3ccc4oc5ccccc5c4c3)n2)ccc1-c1cccc2c1oc1ccccc12. The first-order valence-electron chi connectivity index (χ1n) is 21.5. The number of furan rings is 2. The number of para-hydroxylation sites is 5. The second kappa shape index (κ2) is 12.3. The third-order valence-corrected chi connectivity index (χ3v) is 10.6. The maximum Gasteiger partial charge on any atom is 0.164 e. The van der Waals surface area contributed by atoms with Crippen molar-refractivity contribution in [3.05, 3.63) is 182 Å². The van der Waals surface area contributed by atoms with Crippen LogP contribution in [0.3, 0.4) is 0 Å². The van der Waals surface area contributed by atoms with Crippen molar-refractivity contribution >= 4 is 65.7 Å². The third kappa shape index (κ3) is 4.94. The van der Waals surface area contributed by atoms with Crippen LogP contribution in [0.5, 0.6) is 0 Å². The van der Waals surface area contributed by atoms with Gasteiger partial charge in [-0.25, -0.2) is 15.0 Å². The molecular weight excluding hydrogens is 701 g/mol. The van der Waals surface area contributed by atoms with E-state index < -0.39 is 0 Å². The third-order valence-electron chi connectivity index (χ3n) is 10.6. The van der Waals surface area contributed by atoms with Gasteiger partial charge in [0.05, 0.1) is 24.9 Å². The average molecular weight is 737 g/mol. The van der Waals surface area contributed by atoms with Crippen LogP contribution in [0, 0.1) is 0 Å². The first kappa shape index (κ1) is 26.1. The lowest BCUT2D eigenvalue weighted by atomic mass is 9.98. The van der Waals surface area contributed by atoms with Gasteiger partial charge in [0.25, 0.3) is 0 Å². The van der Waals surface area contributed by atoms with Gasteiger partial charge >= 0.3 is 0 Å². The molecule has 0 aliphatic carbocycles. The topological polar surface area (TPSA) is 69.9 Å². The molecule has 57 heavy (non-hydrogen) atoms. The van der Waals surface area contributed by atoms with E-state index in [1.807, 2.05) is 133 Å². The van der Waals surface area contributed by atoms with E-state index in [1.54, 1.807) is 4.57 Å². The van der Waals surface area contributed by atoms with Gasteiger partial charge in [0.15, 0.2) is 17.5 Å². The molecule has 0 unspecified atom stereocenters. The van der Waals surface area contributed by atoms with Crippen molar-refractivity contribution in [2.24, 2.45) is 0 Å². The molecule has 12 rings (SSSR count). The molecule has 4 heterocycles. The Balaban J connectivity index is 1.18. The predicted octanol–water partition coefficient (Wildman–Crippen LogP) is 13.4. The zero-order valence-electron chi connectivity index (χ0n) is 36.0. The van der Waals surface area contributed by atoms with Crippen LogP contribution in [0.2, 0.25) is 0 Å². The number of benzene rings is 8. The fourth-order valence-electron chi connectivity index (χ4n) is 8.01. The minimum atomic E-state index is -0.197. The molecule has 0 amide bonds. The van der Waals surface area contributed by atoms with Crippen LogP contribution in [0.15, 0.2) is 191 Å². The van der Waals surface area contributed by atoms with Gasteiger partial charge in [-0.3, -0.25) is 0 Å². The van der Waals surface area contributed by atoms with Gasteiger partial charge in [0.1, 0.15) is 22.3 Å².